The van der Waals surface area contributed by atoms with Gasteiger partial charge >= 0.3 is 0 Å². The first kappa shape index (κ1) is 22.3. The van der Waals surface area contributed by atoms with Crippen LogP contribution in [0.25, 0.3) is 10.9 Å². The molecule has 0 saturated carbocycles. The smallest absolute Gasteiger partial charge is 0.137 e. The molecule has 0 unspecified atom stereocenters. The average Bonchev–Trinajstić information content (AvgIpc) is 2.85. The van der Waals surface area contributed by atoms with Gasteiger partial charge in [-0.1, -0.05) is 65.7 Å². The minimum atomic E-state index is -0.261. The number of hydrogen-bond donors (Lipinski definition) is 1. The Morgan fingerprint density at radius 3 is 2.03 bits per heavy atom. The highest BCUT2D eigenvalue weighted by Crippen LogP contribution is 2.35. The summed E-state index contributed by atoms with van der Waals surface area (Å²) in [7, 11) is 0. The largest absolute Gasteiger partial charge is 0.365 e. The number of hydrogen-bond acceptors (Lipinski definition) is 3. The molecular formula is C28H20Cl2FN3. The maximum Gasteiger partial charge on any atom is 0.137 e. The fourth-order valence-electron chi connectivity index (χ4n) is 4.12. The highest BCUT2D eigenvalue weighted by atomic mass is 35.5. The number of benzene rings is 4. The van der Waals surface area contributed by atoms with Crippen molar-refractivity contribution in [3.05, 3.63) is 135 Å². The van der Waals surface area contributed by atoms with E-state index in [1.54, 1.807) is 6.07 Å². The van der Waals surface area contributed by atoms with Crippen LogP contribution in [-0.4, -0.2) is 9.97 Å². The predicted octanol–water partition coefficient (Wildman–Crippen LogP) is 7.87. The summed E-state index contributed by atoms with van der Waals surface area (Å²) in [6.45, 7) is 0.450. The van der Waals surface area contributed by atoms with Crippen LogP contribution in [0.4, 0.5) is 10.2 Å². The summed E-state index contributed by atoms with van der Waals surface area (Å²) in [5.41, 5.74) is 4.96. The molecule has 1 heterocycles. The van der Waals surface area contributed by atoms with Crippen molar-refractivity contribution in [2.75, 3.05) is 5.32 Å². The van der Waals surface area contributed by atoms with E-state index in [0.717, 1.165) is 33.2 Å². The second-order valence-electron chi connectivity index (χ2n) is 8.02. The van der Waals surface area contributed by atoms with Crippen molar-refractivity contribution in [3.8, 4) is 0 Å². The van der Waals surface area contributed by atoms with Gasteiger partial charge in [-0.2, -0.15) is 0 Å². The molecule has 6 heteroatoms. The van der Waals surface area contributed by atoms with E-state index in [1.807, 2.05) is 60.7 Å². The number of halogens is 3. The van der Waals surface area contributed by atoms with Crippen LogP contribution in [0.2, 0.25) is 10.0 Å². The maximum absolute atomic E-state index is 13.6. The van der Waals surface area contributed by atoms with Gasteiger partial charge in [-0.3, -0.25) is 0 Å². The van der Waals surface area contributed by atoms with Crippen molar-refractivity contribution >= 4 is 39.9 Å². The molecule has 168 valence electrons. The molecule has 5 aromatic rings. The van der Waals surface area contributed by atoms with E-state index in [-0.39, 0.29) is 11.7 Å². The van der Waals surface area contributed by atoms with Crippen LogP contribution in [0.5, 0.6) is 0 Å². The first-order valence-corrected chi connectivity index (χ1v) is 11.6. The van der Waals surface area contributed by atoms with Crippen LogP contribution in [0.1, 0.15) is 28.2 Å². The van der Waals surface area contributed by atoms with E-state index in [1.165, 1.54) is 18.5 Å². The molecule has 5 rings (SSSR count). The lowest BCUT2D eigenvalue weighted by Gasteiger charge is -2.20. The highest BCUT2D eigenvalue weighted by molar-refractivity contribution is 6.30. The van der Waals surface area contributed by atoms with E-state index < -0.39 is 0 Å². The summed E-state index contributed by atoms with van der Waals surface area (Å²) >= 11 is 12.3. The van der Waals surface area contributed by atoms with E-state index in [0.29, 0.717) is 22.4 Å². The summed E-state index contributed by atoms with van der Waals surface area (Å²) in [4.78, 5) is 8.90. The molecule has 0 saturated heterocycles. The van der Waals surface area contributed by atoms with Crippen molar-refractivity contribution in [3.63, 3.8) is 0 Å². The second kappa shape index (κ2) is 9.80. The molecule has 0 spiro atoms. The fourth-order valence-corrected chi connectivity index (χ4v) is 4.37. The molecule has 1 aromatic heterocycles. The number of nitrogens with zero attached hydrogens (tertiary/aromatic N) is 2. The third-order valence-corrected chi connectivity index (χ3v) is 6.25. The molecule has 0 fully saturated rings. The van der Waals surface area contributed by atoms with Gasteiger partial charge in [0.25, 0.3) is 0 Å². The van der Waals surface area contributed by atoms with Crippen molar-refractivity contribution in [1.82, 2.24) is 9.97 Å². The molecule has 0 atom stereocenters. The number of fused-ring (bicyclic) bond motifs is 1. The molecular weight excluding hydrogens is 468 g/mol. The fraction of sp³-hybridized carbons (Fsp3) is 0.0714. The van der Waals surface area contributed by atoms with Crippen LogP contribution >= 0.6 is 23.2 Å². The Hall–Kier alpha value is -3.47. The van der Waals surface area contributed by atoms with Crippen LogP contribution in [-0.2, 0) is 6.54 Å². The van der Waals surface area contributed by atoms with Gasteiger partial charge in [0.05, 0.1) is 5.52 Å². The monoisotopic (exact) mass is 487 g/mol. The van der Waals surface area contributed by atoms with Crippen molar-refractivity contribution in [1.29, 1.82) is 0 Å². The molecule has 0 bridgehead atoms. The summed E-state index contributed by atoms with van der Waals surface area (Å²) in [5.74, 6) is 0.403. The Kier molecular flexibility index (Phi) is 6.43. The number of aromatic nitrogens is 2. The number of nitrogens with one attached hydrogen (secondary N) is 1. The van der Waals surface area contributed by atoms with E-state index >= 15 is 0 Å². The Morgan fingerprint density at radius 1 is 0.735 bits per heavy atom. The lowest BCUT2D eigenvalue weighted by atomic mass is 9.85. The van der Waals surface area contributed by atoms with Gasteiger partial charge in [0.15, 0.2) is 0 Å². The van der Waals surface area contributed by atoms with Crippen molar-refractivity contribution in [2.45, 2.75) is 12.5 Å². The number of anilines is 1. The highest BCUT2D eigenvalue weighted by Gasteiger charge is 2.18. The van der Waals surface area contributed by atoms with Crippen LogP contribution in [0.15, 0.2) is 97.3 Å². The summed E-state index contributed by atoms with van der Waals surface area (Å²) in [6.07, 6.45) is 1.53. The van der Waals surface area contributed by atoms with Crippen molar-refractivity contribution < 1.29 is 4.39 Å². The lowest BCUT2D eigenvalue weighted by Crippen LogP contribution is -2.05. The predicted molar refractivity (Wildman–Crippen MR) is 137 cm³/mol. The average molecular weight is 488 g/mol. The summed E-state index contributed by atoms with van der Waals surface area (Å²) in [5, 5.41) is 5.61. The molecule has 0 aliphatic heterocycles. The quantitative estimate of drug-likeness (QED) is 0.247. The molecule has 0 amide bonds. The Labute approximate surface area is 207 Å². The Bertz CT molecular complexity index is 1390. The normalized spacial score (nSPS) is 11.2. The van der Waals surface area contributed by atoms with Gasteiger partial charge < -0.3 is 5.32 Å². The van der Waals surface area contributed by atoms with Crippen LogP contribution in [0, 0.1) is 5.82 Å². The first-order chi connectivity index (χ1) is 16.6. The van der Waals surface area contributed by atoms with E-state index in [9.17, 15) is 4.39 Å². The molecule has 0 aliphatic rings. The van der Waals surface area contributed by atoms with Gasteiger partial charge in [0.2, 0.25) is 0 Å². The minimum absolute atomic E-state index is 0.0322. The summed E-state index contributed by atoms with van der Waals surface area (Å²) < 4.78 is 13.6. The summed E-state index contributed by atoms with van der Waals surface area (Å²) in [6, 6.07) is 28.5. The standard InChI is InChI=1S/C28H20Cl2FN3/c29-22-9-4-19(5-10-22)27(20-6-11-23(30)12-7-20)21-8-13-26-25(15-21)28(34-17-33-26)32-16-18-2-1-3-24(31)14-18/h1-15,17,27H,16H2,(H,32,33,34). The zero-order chi connectivity index (χ0) is 23.5. The third kappa shape index (κ3) is 4.89. The topological polar surface area (TPSA) is 37.8 Å². The zero-order valence-electron chi connectivity index (χ0n) is 18.1. The third-order valence-electron chi connectivity index (χ3n) is 5.75. The molecule has 4 aromatic carbocycles. The SMILES string of the molecule is Fc1cccc(CNc2ncnc3ccc(C(c4ccc(Cl)cc4)c4ccc(Cl)cc4)cc23)c1. The van der Waals surface area contributed by atoms with Gasteiger partial charge in [-0.15, -0.1) is 0 Å². The molecule has 0 aliphatic carbocycles. The van der Waals surface area contributed by atoms with Gasteiger partial charge in [-0.25, -0.2) is 14.4 Å². The van der Waals surface area contributed by atoms with Crippen molar-refractivity contribution in [2.24, 2.45) is 0 Å². The van der Waals surface area contributed by atoms with E-state index in [2.05, 4.69) is 27.4 Å². The maximum atomic E-state index is 13.6. The first-order valence-electron chi connectivity index (χ1n) is 10.8. The van der Waals surface area contributed by atoms with Gasteiger partial charge in [0, 0.05) is 27.9 Å². The molecule has 0 radical (unpaired) electrons. The lowest BCUT2D eigenvalue weighted by molar-refractivity contribution is 0.626. The zero-order valence-corrected chi connectivity index (χ0v) is 19.6. The van der Waals surface area contributed by atoms with Gasteiger partial charge in [0.1, 0.15) is 18.0 Å². The van der Waals surface area contributed by atoms with Gasteiger partial charge in [-0.05, 0) is 70.8 Å². The van der Waals surface area contributed by atoms with E-state index in [4.69, 9.17) is 23.2 Å². The molecule has 3 nitrogen and oxygen atoms in total. The van der Waals surface area contributed by atoms with Crippen LogP contribution in [0.3, 0.4) is 0 Å². The second-order valence-corrected chi connectivity index (χ2v) is 8.89. The Balaban J connectivity index is 1.57. The number of rotatable bonds is 6. The minimum Gasteiger partial charge on any atom is -0.365 e. The Morgan fingerprint density at radius 2 is 1.38 bits per heavy atom. The molecule has 1 N–H and O–H groups in total. The molecule has 34 heavy (non-hydrogen) atoms. The van der Waals surface area contributed by atoms with Crippen LogP contribution < -0.4 is 5.32 Å².